The van der Waals surface area contributed by atoms with E-state index in [2.05, 4.69) is 50.1 Å². The Morgan fingerprint density at radius 3 is 2.65 bits per heavy atom. The van der Waals surface area contributed by atoms with Gasteiger partial charge in [-0.15, -0.1) is 11.6 Å². The number of anilines is 1. The minimum atomic E-state index is 0.0233. The van der Waals surface area contributed by atoms with Crippen LogP contribution >= 0.6 is 11.6 Å². The largest absolute Gasteiger partial charge is 0.363 e. The molecule has 1 N–H and O–H groups in total. The Labute approximate surface area is 128 Å². The zero-order valence-corrected chi connectivity index (χ0v) is 13.9. The van der Waals surface area contributed by atoms with Crippen molar-refractivity contribution in [2.24, 2.45) is 5.92 Å². The van der Waals surface area contributed by atoms with E-state index in [4.69, 9.17) is 11.6 Å². The second-order valence-corrected chi connectivity index (χ2v) is 7.69. The first kappa shape index (κ1) is 15.6. The van der Waals surface area contributed by atoms with Crippen molar-refractivity contribution in [2.45, 2.75) is 64.3 Å². The van der Waals surface area contributed by atoms with Gasteiger partial charge in [0.05, 0.1) is 5.54 Å². The van der Waals surface area contributed by atoms with Crippen LogP contribution in [0.25, 0.3) is 0 Å². The molecule has 1 fully saturated rings. The van der Waals surface area contributed by atoms with Gasteiger partial charge in [0.25, 0.3) is 0 Å². The number of aromatic nitrogens is 1. The third kappa shape index (κ3) is 3.66. The van der Waals surface area contributed by atoms with E-state index in [9.17, 15) is 0 Å². The van der Waals surface area contributed by atoms with Crippen LogP contribution in [0.1, 0.15) is 58.9 Å². The Balaban J connectivity index is 2.12. The predicted octanol–water partition coefficient (Wildman–Crippen LogP) is 4.98. The van der Waals surface area contributed by atoms with Gasteiger partial charge in [-0.1, -0.05) is 46.6 Å². The summed E-state index contributed by atoms with van der Waals surface area (Å²) in [5.74, 6) is 2.34. The summed E-state index contributed by atoms with van der Waals surface area (Å²) >= 11 is 6.27. The van der Waals surface area contributed by atoms with E-state index >= 15 is 0 Å². The lowest BCUT2D eigenvalue weighted by molar-refractivity contribution is 0.279. The maximum atomic E-state index is 6.27. The molecule has 3 heteroatoms. The Hall–Kier alpha value is -0.760. The summed E-state index contributed by atoms with van der Waals surface area (Å²) < 4.78 is 0. The molecule has 1 aliphatic rings. The molecular formula is C17H27ClN2. The van der Waals surface area contributed by atoms with Crippen LogP contribution in [0.3, 0.4) is 0 Å². The summed E-state index contributed by atoms with van der Waals surface area (Å²) in [5.41, 5.74) is 1.44. The van der Waals surface area contributed by atoms with Gasteiger partial charge in [-0.2, -0.15) is 0 Å². The maximum absolute atomic E-state index is 6.27. The Morgan fingerprint density at radius 2 is 2.15 bits per heavy atom. The van der Waals surface area contributed by atoms with Gasteiger partial charge in [-0.05, 0) is 35.8 Å². The average Bonchev–Trinajstić information content (AvgIpc) is 2.38. The molecule has 1 saturated carbocycles. The Morgan fingerprint density at radius 1 is 1.40 bits per heavy atom. The van der Waals surface area contributed by atoms with Gasteiger partial charge in [-0.25, -0.2) is 4.98 Å². The molecule has 1 aromatic rings. The summed E-state index contributed by atoms with van der Waals surface area (Å²) in [5, 5.41) is 3.61. The van der Waals surface area contributed by atoms with Crippen molar-refractivity contribution >= 4 is 17.4 Å². The van der Waals surface area contributed by atoms with Crippen molar-refractivity contribution < 1.29 is 0 Å². The second-order valence-electron chi connectivity index (χ2n) is 7.42. The summed E-state index contributed by atoms with van der Waals surface area (Å²) in [4.78, 5) is 4.59. The van der Waals surface area contributed by atoms with E-state index in [0.29, 0.717) is 5.88 Å². The average molecular weight is 295 g/mol. The lowest BCUT2D eigenvalue weighted by atomic mass is 9.77. The summed E-state index contributed by atoms with van der Waals surface area (Å²) in [6, 6.07) is 4.26. The first-order valence-corrected chi connectivity index (χ1v) is 8.19. The van der Waals surface area contributed by atoms with E-state index in [0.717, 1.165) is 24.6 Å². The third-order valence-electron chi connectivity index (χ3n) is 4.37. The van der Waals surface area contributed by atoms with Crippen LogP contribution in [-0.2, 0) is 5.41 Å². The highest BCUT2D eigenvalue weighted by Gasteiger charge is 2.34. The van der Waals surface area contributed by atoms with E-state index in [1.54, 1.807) is 0 Å². The van der Waals surface area contributed by atoms with Gasteiger partial charge < -0.3 is 5.32 Å². The molecule has 2 rings (SSSR count). The monoisotopic (exact) mass is 294 g/mol. The van der Waals surface area contributed by atoms with Crippen molar-refractivity contribution in [3.8, 4) is 0 Å². The van der Waals surface area contributed by atoms with Gasteiger partial charge in [-0.3, -0.25) is 0 Å². The van der Waals surface area contributed by atoms with Gasteiger partial charge in [0.1, 0.15) is 5.82 Å². The molecular weight excluding hydrogens is 268 g/mol. The molecule has 0 radical (unpaired) electrons. The van der Waals surface area contributed by atoms with Gasteiger partial charge in [0.2, 0.25) is 0 Å². The fourth-order valence-corrected chi connectivity index (χ4v) is 3.42. The molecule has 2 unspecified atom stereocenters. The number of alkyl halides is 1. The van der Waals surface area contributed by atoms with Gasteiger partial charge in [0, 0.05) is 12.1 Å². The number of rotatable bonds is 3. The number of nitrogens with zero attached hydrogens (tertiary/aromatic N) is 1. The molecule has 2 nitrogen and oxygen atoms in total. The standard InChI is InChI=1S/C17H27ClN2/c1-13-6-5-9-17(10-13,12-18)20-15-8-7-14(11-19-15)16(2,3)4/h7-8,11,13H,5-6,9-10,12H2,1-4H3,(H,19,20). The van der Waals surface area contributed by atoms with E-state index in [-0.39, 0.29) is 11.0 Å². The van der Waals surface area contributed by atoms with Crippen molar-refractivity contribution in [3.05, 3.63) is 23.9 Å². The van der Waals surface area contributed by atoms with Crippen LogP contribution in [0.5, 0.6) is 0 Å². The molecule has 1 heterocycles. The van der Waals surface area contributed by atoms with E-state index < -0.39 is 0 Å². The lowest BCUT2D eigenvalue weighted by Crippen LogP contribution is -2.44. The van der Waals surface area contributed by atoms with Gasteiger partial charge in [0.15, 0.2) is 0 Å². The highest BCUT2D eigenvalue weighted by Crippen LogP contribution is 2.35. The number of pyridine rings is 1. The van der Waals surface area contributed by atoms with Crippen molar-refractivity contribution in [2.75, 3.05) is 11.2 Å². The fourth-order valence-electron chi connectivity index (χ4n) is 3.11. The maximum Gasteiger partial charge on any atom is 0.126 e. The quantitative estimate of drug-likeness (QED) is 0.795. The molecule has 1 aromatic heterocycles. The van der Waals surface area contributed by atoms with E-state index in [1.165, 1.54) is 18.4 Å². The molecule has 112 valence electrons. The molecule has 2 atom stereocenters. The summed E-state index contributed by atoms with van der Waals surface area (Å²) in [7, 11) is 0. The normalized spacial score (nSPS) is 27.4. The van der Waals surface area contributed by atoms with Crippen LogP contribution in [0.15, 0.2) is 18.3 Å². The molecule has 0 bridgehead atoms. The topological polar surface area (TPSA) is 24.9 Å². The zero-order valence-electron chi connectivity index (χ0n) is 13.2. The van der Waals surface area contributed by atoms with Crippen molar-refractivity contribution in [1.82, 2.24) is 4.98 Å². The number of hydrogen-bond acceptors (Lipinski definition) is 2. The molecule has 0 amide bonds. The van der Waals surface area contributed by atoms with Crippen molar-refractivity contribution in [1.29, 1.82) is 0 Å². The lowest BCUT2D eigenvalue weighted by Gasteiger charge is -2.39. The first-order valence-electron chi connectivity index (χ1n) is 7.65. The van der Waals surface area contributed by atoms with Crippen LogP contribution < -0.4 is 5.32 Å². The number of nitrogens with one attached hydrogen (secondary N) is 1. The SMILES string of the molecule is CC1CCCC(CCl)(Nc2ccc(C(C)(C)C)cn2)C1. The summed E-state index contributed by atoms with van der Waals surface area (Å²) in [6.45, 7) is 8.94. The Bertz CT molecular complexity index is 435. The zero-order chi connectivity index (χ0) is 14.8. The molecule has 0 aromatic carbocycles. The molecule has 0 spiro atoms. The highest BCUT2D eigenvalue weighted by molar-refractivity contribution is 6.18. The predicted molar refractivity (Wildman–Crippen MR) is 87.6 cm³/mol. The highest BCUT2D eigenvalue weighted by atomic mass is 35.5. The smallest absolute Gasteiger partial charge is 0.126 e. The number of halogens is 1. The van der Waals surface area contributed by atoms with Crippen LogP contribution in [-0.4, -0.2) is 16.4 Å². The minimum Gasteiger partial charge on any atom is -0.363 e. The molecule has 1 aliphatic carbocycles. The van der Waals surface area contributed by atoms with Gasteiger partial charge >= 0.3 is 0 Å². The van der Waals surface area contributed by atoms with Crippen molar-refractivity contribution in [3.63, 3.8) is 0 Å². The molecule has 0 aliphatic heterocycles. The van der Waals surface area contributed by atoms with Crippen LogP contribution in [0.4, 0.5) is 5.82 Å². The third-order valence-corrected chi connectivity index (χ3v) is 4.88. The van der Waals surface area contributed by atoms with Crippen LogP contribution in [0, 0.1) is 5.92 Å². The van der Waals surface area contributed by atoms with E-state index in [1.807, 2.05) is 6.20 Å². The molecule has 20 heavy (non-hydrogen) atoms. The second kappa shape index (κ2) is 5.93. The molecule has 0 saturated heterocycles. The Kier molecular flexibility index (Phi) is 4.63. The number of hydrogen-bond donors (Lipinski definition) is 1. The summed E-state index contributed by atoms with van der Waals surface area (Å²) in [6.07, 6.45) is 6.83. The first-order chi connectivity index (χ1) is 9.35. The fraction of sp³-hybridized carbons (Fsp3) is 0.706. The minimum absolute atomic E-state index is 0.0233. The van der Waals surface area contributed by atoms with Crippen LogP contribution in [0.2, 0.25) is 0 Å².